The van der Waals surface area contributed by atoms with Crippen molar-refractivity contribution >= 4 is 5.91 Å². The number of likely N-dealkylation sites (tertiary alicyclic amines) is 1. The lowest BCUT2D eigenvalue weighted by molar-refractivity contribution is -0.159. The third-order valence-corrected chi connectivity index (χ3v) is 7.62. The minimum Gasteiger partial charge on any atom is -0.489 e. The smallest absolute Gasteiger partial charge is 0.229 e. The first-order chi connectivity index (χ1) is 14.1. The van der Waals surface area contributed by atoms with Crippen molar-refractivity contribution in [2.24, 2.45) is 11.1 Å². The summed E-state index contributed by atoms with van der Waals surface area (Å²) >= 11 is 0. The maximum atomic E-state index is 13.1. The summed E-state index contributed by atoms with van der Waals surface area (Å²) in [6, 6.07) is 8.17. The zero-order valence-electron chi connectivity index (χ0n) is 16.9. The molecule has 1 aromatic carbocycles. The molecule has 0 radical (unpaired) electrons. The summed E-state index contributed by atoms with van der Waals surface area (Å²) in [4.78, 5) is 15.1. The number of benzene rings is 1. The normalized spacial score (nSPS) is 31.5. The molecule has 4 aliphatic rings. The van der Waals surface area contributed by atoms with Gasteiger partial charge in [-0.25, -0.2) is 4.39 Å². The molecule has 158 valence electrons. The predicted molar refractivity (Wildman–Crippen MR) is 109 cm³/mol. The van der Waals surface area contributed by atoms with Gasteiger partial charge in [-0.3, -0.25) is 4.79 Å². The summed E-state index contributed by atoms with van der Waals surface area (Å²) in [5.41, 5.74) is 7.13. The molecule has 0 aromatic heterocycles. The third-order valence-electron chi connectivity index (χ3n) is 7.62. The Morgan fingerprint density at radius 3 is 2.34 bits per heavy atom. The highest BCUT2D eigenvalue weighted by molar-refractivity contribution is 5.84. The SMILES string of the molecule is NC/C(=C\F)COc1ccc(C23CCC(C(=O)N4CC[C@@H]4CO)(CC2)CC3)cc1. The van der Waals surface area contributed by atoms with E-state index in [2.05, 4.69) is 12.1 Å². The largest absolute Gasteiger partial charge is 0.489 e. The van der Waals surface area contributed by atoms with E-state index in [0.717, 1.165) is 51.5 Å². The first-order valence-electron chi connectivity index (χ1n) is 10.7. The van der Waals surface area contributed by atoms with E-state index in [1.807, 2.05) is 17.0 Å². The molecule has 3 N–H and O–H groups in total. The number of halogens is 1. The van der Waals surface area contributed by atoms with Gasteiger partial charge in [0, 0.05) is 24.1 Å². The number of aliphatic hydroxyl groups is 1. The van der Waals surface area contributed by atoms with E-state index < -0.39 is 0 Å². The maximum absolute atomic E-state index is 13.1. The number of ether oxygens (including phenoxy) is 1. The topological polar surface area (TPSA) is 75.8 Å². The Bertz CT molecular complexity index is 750. The van der Waals surface area contributed by atoms with Crippen LogP contribution in [0.25, 0.3) is 0 Å². The Kier molecular flexibility index (Phi) is 5.67. The van der Waals surface area contributed by atoms with Gasteiger partial charge >= 0.3 is 0 Å². The number of nitrogens with two attached hydrogens (primary N) is 1. The molecule has 4 fully saturated rings. The number of rotatable bonds is 7. The van der Waals surface area contributed by atoms with Crippen molar-refractivity contribution in [2.45, 2.75) is 56.4 Å². The number of fused-ring (bicyclic) bond motifs is 3. The van der Waals surface area contributed by atoms with Crippen molar-refractivity contribution in [3.63, 3.8) is 0 Å². The van der Waals surface area contributed by atoms with Crippen molar-refractivity contribution in [2.75, 3.05) is 26.3 Å². The molecule has 5 rings (SSSR count). The van der Waals surface area contributed by atoms with Gasteiger partial charge in [-0.15, -0.1) is 0 Å². The molecule has 3 saturated carbocycles. The zero-order valence-corrected chi connectivity index (χ0v) is 16.9. The fraction of sp³-hybridized carbons (Fsp3) is 0.609. The maximum Gasteiger partial charge on any atom is 0.229 e. The van der Waals surface area contributed by atoms with Crippen LogP contribution in [0.2, 0.25) is 0 Å². The highest BCUT2D eigenvalue weighted by atomic mass is 19.1. The Balaban J connectivity index is 1.40. The van der Waals surface area contributed by atoms with Crippen molar-refractivity contribution in [3.05, 3.63) is 41.7 Å². The Morgan fingerprint density at radius 1 is 1.21 bits per heavy atom. The van der Waals surface area contributed by atoms with E-state index in [1.54, 1.807) is 0 Å². The lowest BCUT2D eigenvalue weighted by atomic mass is 9.51. The van der Waals surface area contributed by atoms with Crippen LogP contribution in [0.1, 0.15) is 50.5 Å². The number of hydrogen-bond donors (Lipinski definition) is 2. The minimum absolute atomic E-state index is 0.0325. The number of nitrogens with zero attached hydrogens (tertiary/aromatic N) is 1. The average Bonchev–Trinajstić information content (AvgIpc) is 2.76. The van der Waals surface area contributed by atoms with Gasteiger partial charge in [0.05, 0.1) is 19.0 Å². The van der Waals surface area contributed by atoms with Gasteiger partial charge in [0.2, 0.25) is 5.91 Å². The van der Waals surface area contributed by atoms with Crippen LogP contribution in [0.4, 0.5) is 4.39 Å². The molecule has 1 amide bonds. The van der Waals surface area contributed by atoms with E-state index in [4.69, 9.17) is 10.5 Å². The lowest BCUT2D eigenvalue weighted by Gasteiger charge is -2.55. The summed E-state index contributed by atoms with van der Waals surface area (Å²) in [6.45, 7) is 1.18. The number of amides is 1. The monoisotopic (exact) mass is 402 g/mol. The van der Waals surface area contributed by atoms with E-state index in [9.17, 15) is 14.3 Å². The number of hydrogen-bond acceptors (Lipinski definition) is 4. The fourth-order valence-electron chi connectivity index (χ4n) is 5.36. The Labute approximate surface area is 171 Å². The first-order valence-corrected chi connectivity index (χ1v) is 10.7. The molecular weight excluding hydrogens is 371 g/mol. The van der Waals surface area contributed by atoms with Gasteiger partial charge in [0.15, 0.2) is 0 Å². The second-order valence-corrected chi connectivity index (χ2v) is 8.97. The van der Waals surface area contributed by atoms with Gasteiger partial charge in [-0.05, 0) is 68.1 Å². The van der Waals surface area contributed by atoms with Crippen LogP contribution < -0.4 is 10.5 Å². The molecule has 6 heteroatoms. The second kappa shape index (κ2) is 8.07. The van der Waals surface area contributed by atoms with Crippen LogP contribution in [-0.2, 0) is 10.2 Å². The molecule has 1 aliphatic heterocycles. The van der Waals surface area contributed by atoms with Crippen molar-refractivity contribution in [1.29, 1.82) is 0 Å². The van der Waals surface area contributed by atoms with Crippen molar-refractivity contribution in [3.8, 4) is 5.75 Å². The summed E-state index contributed by atoms with van der Waals surface area (Å²) in [6.07, 6.45) is 7.30. The molecule has 1 heterocycles. The third kappa shape index (κ3) is 3.57. The summed E-state index contributed by atoms with van der Waals surface area (Å²) in [7, 11) is 0. The van der Waals surface area contributed by atoms with Crippen molar-refractivity contribution in [1.82, 2.24) is 4.90 Å². The van der Waals surface area contributed by atoms with Gasteiger partial charge in [0.1, 0.15) is 12.4 Å². The highest BCUT2D eigenvalue weighted by Crippen LogP contribution is 2.58. The van der Waals surface area contributed by atoms with E-state index in [1.165, 1.54) is 5.56 Å². The van der Waals surface area contributed by atoms with Gasteiger partial charge in [0.25, 0.3) is 0 Å². The molecule has 3 aliphatic carbocycles. The summed E-state index contributed by atoms with van der Waals surface area (Å²) in [5.74, 6) is 0.985. The number of aliphatic hydroxyl groups excluding tert-OH is 1. The number of carbonyl (C=O) groups is 1. The molecule has 29 heavy (non-hydrogen) atoms. The number of carbonyl (C=O) groups excluding carboxylic acids is 1. The van der Waals surface area contributed by atoms with Crippen LogP contribution in [0.5, 0.6) is 5.75 Å². The predicted octanol–water partition coefficient (Wildman–Crippen LogP) is 3.06. The van der Waals surface area contributed by atoms with Gasteiger partial charge < -0.3 is 20.5 Å². The second-order valence-electron chi connectivity index (χ2n) is 8.97. The minimum atomic E-state index is -0.212. The van der Waals surface area contributed by atoms with Gasteiger partial charge in [-0.2, -0.15) is 0 Å². The van der Waals surface area contributed by atoms with E-state index in [0.29, 0.717) is 17.7 Å². The van der Waals surface area contributed by atoms with Gasteiger partial charge in [-0.1, -0.05) is 12.1 Å². The van der Waals surface area contributed by atoms with E-state index >= 15 is 0 Å². The molecule has 1 aromatic rings. The van der Waals surface area contributed by atoms with Crippen LogP contribution in [0.3, 0.4) is 0 Å². The zero-order chi connectivity index (χ0) is 20.5. The molecule has 1 atom stereocenters. The average molecular weight is 403 g/mol. The Morgan fingerprint density at radius 2 is 1.86 bits per heavy atom. The van der Waals surface area contributed by atoms with Crippen LogP contribution in [0.15, 0.2) is 36.2 Å². The van der Waals surface area contributed by atoms with Crippen LogP contribution >= 0.6 is 0 Å². The van der Waals surface area contributed by atoms with E-state index in [-0.39, 0.29) is 42.5 Å². The molecule has 5 nitrogen and oxygen atoms in total. The molecular formula is C23H31FN2O3. The molecule has 0 unspecified atom stereocenters. The lowest BCUT2D eigenvalue weighted by Crippen LogP contribution is -2.60. The fourth-order valence-corrected chi connectivity index (χ4v) is 5.36. The summed E-state index contributed by atoms with van der Waals surface area (Å²) < 4.78 is 18.2. The first kappa shape index (κ1) is 20.4. The van der Waals surface area contributed by atoms with Crippen LogP contribution in [-0.4, -0.2) is 48.3 Å². The molecule has 0 spiro atoms. The highest BCUT2D eigenvalue weighted by Gasteiger charge is 2.55. The Hall–Kier alpha value is -1.92. The summed E-state index contributed by atoms with van der Waals surface area (Å²) in [5, 5.41) is 9.45. The standard InChI is InChI=1S/C23H31FN2O3/c24-13-17(14-25)16-29-20-3-1-18(2-4-20)22-6-9-23(10-7-22,11-8-22)21(28)26-12-5-19(26)15-27/h1-4,13,19,27H,5-12,14-16,25H2/b17-13+/t19-,22?,23?/m1/s1. The molecule has 2 bridgehead atoms. The molecule has 1 saturated heterocycles. The quantitative estimate of drug-likeness (QED) is 0.735. The van der Waals surface area contributed by atoms with Crippen LogP contribution in [0, 0.1) is 5.41 Å². The van der Waals surface area contributed by atoms with Crippen molar-refractivity contribution < 1.29 is 19.0 Å².